The normalized spacial score (nSPS) is 22.2. The van der Waals surface area contributed by atoms with Gasteiger partial charge in [0.25, 0.3) is 0 Å². The van der Waals surface area contributed by atoms with Crippen LogP contribution in [-0.4, -0.2) is 18.4 Å². The maximum Gasteiger partial charge on any atom is 0.522 e. The predicted molar refractivity (Wildman–Crippen MR) is 79.1 cm³/mol. The molecule has 1 aromatic rings. The van der Waals surface area contributed by atoms with Crippen LogP contribution in [0.15, 0.2) is 22.7 Å². The van der Waals surface area contributed by atoms with Crippen molar-refractivity contribution in [2.75, 3.05) is 5.32 Å². The van der Waals surface area contributed by atoms with Gasteiger partial charge in [0.1, 0.15) is 0 Å². The minimum Gasteiger partial charge on any atom is -0.326 e. The van der Waals surface area contributed by atoms with Gasteiger partial charge < -0.3 is 5.32 Å². The molecule has 0 saturated heterocycles. The summed E-state index contributed by atoms with van der Waals surface area (Å²) in [6.45, 7) is 0. The molecule has 1 aromatic carbocycles. The molecule has 1 saturated carbocycles. The third kappa shape index (κ3) is 4.32. The van der Waals surface area contributed by atoms with E-state index in [4.69, 9.17) is 0 Å². The maximum absolute atomic E-state index is 12.0. The number of benzene rings is 1. The SMILES string of the molecule is O=C(Nc1ccc(I)c(Br)c1)C1CC(OC(F)(F)F)C1. The Kier molecular flexibility index (Phi) is 4.96. The molecule has 1 aliphatic carbocycles. The highest BCUT2D eigenvalue weighted by Gasteiger charge is 2.42. The van der Waals surface area contributed by atoms with E-state index in [-0.39, 0.29) is 18.7 Å². The largest absolute Gasteiger partial charge is 0.522 e. The smallest absolute Gasteiger partial charge is 0.326 e. The first-order valence-corrected chi connectivity index (χ1v) is 7.62. The summed E-state index contributed by atoms with van der Waals surface area (Å²) in [5.41, 5.74) is 0.613. The molecule has 0 radical (unpaired) electrons. The summed E-state index contributed by atoms with van der Waals surface area (Å²) in [4.78, 5) is 11.8. The monoisotopic (exact) mass is 463 g/mol. The molecular weight excluding hydrogens is 454 g/mol. The lowest BCUT2D eigenvalue weighted by Gasteiger charge is -2.34. The molecule has 20 heavy (non-hydrogen) atoms. The van der Waals surface area contributed by atoms with Crippen molar-refractivity contribution in [1.82, 2.24) is 0 Å². The van der Waals surface area contributed by atoms with Crippen LogP contribution in [0.2, 0.25) is 0 Å². The van der Waals surface area contributed by atoms with Gasteiger partial charge in [-0.15, -0.1) is 13.2 Å². The van der Waals surface area contributed by atoms with E-state index in [0.29, 0.717) is 5.69 Å². The average molecular weight is 464 g/mol. The fourth-order valence-electron chi connectivity index (χ4n) is 1.88. The van der Waals surface area contributed by atoms with E-state index in [1.165, 1.54) is 0 Å². The van der Waals surface area contributed by atoms with E-state index in [1.54, 1.807) is 12.1 Å². The topological polar surface area (TPSA) is 38.3 Å². The van der Waals surface area contributed by atoms with Gasteiger partial charge in [-0.05, 0) is 69.6 Å². The molecule has 0 aromatic heterocycles. The molecule has 8 heteroatoms. The van der Waals surface area contributed by atoms with Crippen molar-refractivity contribution in [2.24, 2.45) is 5.92 Å². The summed E-state index contributed by atoms with van der Waals surface area (Å²) in [5.74, 6) is -0.708. The van der Waals surface area contributed by atoms with Crippen molar-refractivity contribution in [3.63, 3.8) is 0 Å². The van der Waals surface area contributed by atoms with Gasteiger partial charge in [-0.3, -0.25) is 9.53 Å². The number of anilines is 1. The zero-order valence-corrected chi connectivity index (χ0v) is 13.8. The zero-order chi connectivity index (χ0) is 14.9. The molecule has 1 N–H and O–H groups in total. The number of rotatable bonds is 3. The number of hydrogen-bond acceptors (Lipinski definition) is 2. The van der Waals surface area contributed by atoms with E-state index in [1.807, 2.05) is 6.07 Å². The summed E-state index contributed by atoms with van der Waals surface area (Å²) in [6, 6.07) is 5.32. The molecule has 110 valence electrons. The van der Waals surface area contributed by atoms with E-state index < -0.39 is 18.4 Å². The van der Waals surface area contributed by atoms with Crippen LogP contribution in [0.3, 0.4) is 0 Å². The standard InChI is InChI=1S/C12H10BrF3INO2/c13-9-5-7(1-2-10(9)17)18-11(19)6-3-8(4-6)20-12(14,15)16/h1-2,5-6,8H,3-4H2,(H,18,19). The second-order valence-corrected chi connectivity index (χ2v) is 6.49. The minimum absolute atomic E-state index is 0.0941. The van der Waals surface area contributed by atoms with Crippen molar-refractivity contribution in [2.45, 2.75) is 25.3 Å². The third-order valence-corrected chi connectivity index (χ3v) is 5.29. The maximum atomic E-state index is 12.0. The Hall–Kier alpha value is -0.350. The predicted octanol–water partition coefficient (Wildman–Crippen LogP) is 4.31. The van der Waals surface area contributed by atoms with Crippen LogP contribution in [-0.2, 0) is 9.53 Å². The molecule has 0 spiro atoms. The molecule has 2 rings (SSSR count). The van der Waals surface area contributed by atoms with Gasteiger partial charge in [0.2, 0.25) is 5.91 Å². The Bertz CT molecular complexity index is 518. The highest BCUT2D eigenvalue weighted by atomic mass is 127. The summed E-state index contributed by atoms with van der Waals surface area (Å²) < 4.78 is 41.6. The van der Waals surface area contributed by atoms with Crippen molar-refractivity contribution < 1.29 is 22.7 Å². The lowest BCUT2D eigenvalue weighted by atomic mass is 9.81. The summed E-state index contributed by atoms with van der Waals surface area (Å²) in [7, 11) is 0. The molecule has 0 aliphatic heterocycles. The third-order valence-electron chi connectivity index (χ3n) is 2.95. The molecule has 1 fully saturated rings. The first-order valence-electron chi connectivity index (χ1n) is 5.75. The van der Waals surface area contributed by atoms with Crippen LogP contribution >= 0.6 is 38.5 Å². The number of amides is 1. The molecule has 0 bridgehead atoms. The van der Waals surface area contributed by atoms with Gasteiger partial charge >= 0.3 is 6.36 Å². The van der Waals surface area contributed by atoms with Crippen LogP contribution in [0, 0.1) is 9.49 Å². The number of hydrogen-bond donors (Lipinski definition) is 1. The molecule has 0 unspecified atom stereocenters. The van der Waals surface area contributed by atoms with Crippen molar-refractivity contribution >= 4 is 50.1 Å². The van der Waals surface area contributed by atoms with E-state index >= 15 is 0 Å². The van der Waals surface area contributed by atoms with Crippen molar-refractivity contribution in [1.29, 1.82) is 0 Å². The molecule has 0 atom stereocenters. The first kappa shape index (κ1) is 16.0. The second-order valence-electron chi connectivity index (χ2n) is 4.47. The van der Waals surface area contributed by atoms with Crippen molar-refractivity contribution in [3.8, 4) is 0 Å². The highest BCUT2D eigenvalue weighted by molar-refractivity contribution is 14.1. The van der Waals surface area contributed by atoms with Crippen molar-refractivity contribution in [3.05, 3.63) is 26.2 Å². The van der Waals surface area contributed by atoms with Crippen LogP contribution in [0.4, 0.5) is 18.9 Å². The van der Waals surface area contributed by atoms with Gasteiger partial charge in [0.05, 0.1) is 6.10 Å². The summed E-state index contributed by atoms with van der Waals surface area (Å²) in [5, 5.41) is 2.69. The second kappa shape index (κ2) is 6.18. The minimum atomic E-state index is -4.63. The number of carbonyl (C=O) groups excluding carboxylic acids is 1. The summed E-state index contributed by atoms with van der Waals surface area (Å²) in [6.07, 6.45) is -5.35. The Morgan fingerprint density at radius 2 is 2.05 bits per heavy atom. The molecular formula is C12H10BrF3INO2. The van der Waals surface area contributed by atoms with Crippen LogP contribution in [0.1, 0.15) is 12.8 Å². The van der Waals surface area contributed by atoms with Gasteiger partial charge in [0, 0.05) is 19.6 Å². The summed E-state index contributed by atoms with van der Waals surface area (Å²) >= 11 is 5.48. The Labute approximate surface area is 135 Å². The Morgan fingerprint density at radius 3 is 2.60 bits per heavy atom. The number of carbonyl (C=O) groups is 1. The van der Waals surface area contributed by atoms with E-state index in [0.717, 1.165) is 8.04 Å². The average Bonchev–Trinajstić information content (AvgIpc) is 2.26. The lowest BCUT2D eigenvalue weighted by Crippen LogP contribution is -2.41. The lowest BCUT2D eigenvalue weighted by molar-refractivity contribution is -0.353. The molecule has 0 heterocycles. The fourth-order valence-corrected chi connectivity index (χ4v) is 2.60. The van der Waals surface area contributed by atoms with Crippen LogP contribution < -0.4 is 5.32 Å². The molecule has 1 amide bonds. The Balaban J connectivity index is 1.84. The molecule has 3 nitrogen and oxygen atoms in total. The highest BCUT2D eigenvalue weighted by Crippen LogP contribution is 2.35. The zero-order valence-electron chi connectivity index (χ0n) is 10.0. The quantitative estimate of drug-likeness (QED) is 0.678. The fraction of sp³-hybridized carbons (Fsp3) is 0.417. The van der Waals surface area contributed by atoms with Gasteiger partial charge in [-0.1, -0.05) is 0 Å². The van der Waals surface area contributed by atoms with Gasteiger partial charge in [0.15, 0.2) is 0 Å². The Morgan fingerprint density at radius 1 is 1.40 bits per heavy atom. The number of halogens is 5. The van der Waals surface area contributed by atoms with Gasteiger partial charge in [-0.2, -0.15) is 0 Å². The number of alkyl halides is 3. The number of nitrogens with one attached hydrogen (secondary N) is 1. The van der Waals surface area contributed by atoms with Crippen LogP contribution in [0.5, 0.6) is 0 Å². The van der Waals surface area contributed by atoms with E-state index in [2.05, 4.69) is 48.6 Å². The van der Waals surface area contributed by atoms with Crippen LogP contribution in [0.25, 0.3) is 0 Å². The number of ether oxygens (including phenoxy) is 1. The van der Waals surface area contributed by atoms with Gasteiger partial charge in [-0.25, -0.2) is 0 Å². The molecule has 1 aliphatic rings. The van der Waals surface area contributed by atoms with E-state index in [9.17, 15) is 18.0 Å². The first-order chi connectivity index (χ1) is 9.24.